The number of hydrogen-bond acceptors (Lipinski definition) is 4. The number of esters is 1. The standard InChI is InChI=1S/C15H26O4/c1-3-19-15(18)14(17)12-10-8-6-4-5-7-9-11-13(2)16/h3-12H2,1-2H3. The number of rotatable bonds is 12. The van der Waals surface area contributed by atoms with Gasteiger partial charge in [-0.15, -0.1) is 0 Å². The minimum atomic E-state index is -0.702. The second-order valence-electron chi connectivity index (χ2n) is 4.82. The normalized spacial score (nSPS) is 10.2. The van der Waals surface area contributed by atoms with Crippen molar-refractivity contribution in [3.63, 3.8) is 0 Å². The molecule has 0 radical (unpaired) electrons. The van der Waals surface area contributed by atoms with Crippen molar-refractivity contribution in [3.05, 3.63) is 0 Å². The van der Waals surface area contributed by atoms with Gasteiger partial charge in [-0.05, 0) is 26.7 Å². The Balaban J connectivity index is 3.29. The van der Waals surface area contributed by atoms with Crippen LogP contribution in [0.25, 0.3) is 0 Å². The molecule has 0 spiro atoms. The zero-order chi connectivity index (χ0) is 14.5. The van der Waals surface area contributed by atoms with Crippen LogP contribution in [-0.4, -0.2) is 24.1 Å². The predicted octanol–water partition coefficient (Wildman–Crippen LogP) is 3.22. The van der Waals surface area contributed by atoms with Crippen LogP contribution in [0.15, 0.2) is 0 Å². The summed E-state index contributed by atoms with van der Waals surface area (Å²) in [5, 5.41) is 0. The average molecular weight is 270 g/mol. The molecule has 110 valence electrons. The summed E-state index contributed by atoms with van der Waals surface area (Å²) in [6.45, 7) is 3.57. The van der Waals surface area contributed by atoms with E-state index < -0.39 is 11.8 Å². The van der Waals surface area contributed by atoms with Crippen LogP contribution in [0.1, 0.15) is 71.6 Å². The second kappa shape index (κ2) is 11.9. The SMILES string of the molecule is CCOC(=O)C(=O)CCCCCCCCCC(C)=O. The van der Waals surface area contributed by atoms with Crippen molar-refractivity contribution >= 4 is 17.5 Å². The molecule has 19 heavy (non-hydrogen) atoms. The Hall–Kier alpha value is -1.19. The molecule has 0 saturated heterocycles. The van der Waals surface area contributed by atoms with Gasteiger partial charge in [0.05, 0.1) is 6.61 Å². The molecule has 0 rings (SSSR count). The van der Waals surface area contributed by atoms with Crippen LogP contribution >= 0.6 is 0 Å². The molecule has 0 aliphatic carbocycles. The van der Waals surface area contributed by atoms with Crippen LogP contribution in [-0.2, 0) is 19.1 Å². The highest BCUT2D eigenvalue weighted by atomic mass is 16.5. The molecule has 0 unspecified atom stereocenters. The van der Waals surface area contributed by atoms with E-state index in [9.17, 15) is 14.4 Å². The zero-order valence-electron chi connectivity index (χ0n) is 12.2. The van der Waals surface area contributed by atoms with Gasteiger partial charge in [-0.2, -0.15) is 0 Å². The smallest absolute Gasteiger partial charge is 0.374 e. The van der Waals surface area contributed by atoms with Gasteiger partial charge >= 0.3 is 5.97 Å². The lowest BCUT2D eigenvalue weighted by molar-refractivity contribution is -0.153. The maximum absolute atomic E-state index is 11.3. The Morgan fingerprint density at radius 3 is 1.74 bits per heavy atom. The first-order chi connectivity index (χ1) is 9.07. The Bertz CT molecular complexity index is 284. The predicted molar refractivity (Wildman–Crippen MR) is 73.9 cm³/mol. The van der Waals surface area contributed by atoms with Gasteiger partial charge in [0.25, 0.3) is 0 Å². The van der Waals surface area contributed by atoms with Gasteiger partial charge in [0.15, 0.2) is 0 Å². The van der Waals surface area contributed by atoms with Crippen molar-refractivity contribution in [1.82, 2.24) is 0 Å². The number of Topliss-reactive ketones (excluding diaryl/α,β-unsaturated/α-hetero) is 2. The van der Waals surface area contributed by atoms with Crippen molar-refractivity contribution in [2.75, 3.05) is 6.61 Å². The molecule has 0 aromatic heterocycles. The number of unbranched alkanes of at least 4 members (excludes halogenated alkanes) is 6. The van der Waals surface area contributed by atoms with Crippen LogP contribution in [0.3, 0.4) is 0 Å². The fourth-order valence-corrected chi connectivity index (χ4v) is 1.86. The second-order valence-corrected chi connectivity index (χ2v) is 4.82. The Morgan fingerprint density at radius 1 is 0.789 bits per heavy atom. The summed E-state index contributed by atoms with van der Waals surface area (Å²) >= 11 is 0. The monoisotopic (exact) mass is 270 g/mol. The van der Waals surface area contributed by atoms with E-state index in [2.05, 4.69) is 4.74 Å². The highest BCUT2D eigenvalue weighted by Crippen LogP contribution is 2.10. The van der Waals surface area contributed by atoms with Gasteiger partial charge in [-0.1, -0.05) is 32.1 Å². The van der Waals surface area contributed by atoms with E-state index >= 15 is 0 Å². The molecule has 0 aliphatic heterocycles. The van der Waals surface area contributed by atoms with Crippen molar-refractivity contribution in [2.45, 2.75) is 71.6 Å². The Morgan fingerprint density at radius 2 is 1.26 bits per heavy atom. The lowest BCUT2D eigenvalue weighted by Crippen LogP contribution is -2.16. The first-order valence-corrected chi connectivity index (χ1v) is 7.27. The minimum Gasteiger partial charge on any atom is -0.460 e. The summed E-state index contributed by atoms with van der Waals surface area (Å²) in [4.78, 5) is 33.0. The summed E-state index contributed by atoms with van der Waals surface area (Å²) in [6.07, 6.45) is 8.14. The lowest BCUT2D eigenvalue weighted by Gasteiger charge is -2.02. The molecule has 0 N–H and O–H groups in total. The van der Waals surface area contributed by atoms with Crippen LogP contribution in [0, 0.1) is 0 Å². The summed E-state index contributed by atoms with van der Waals surface area (Å²) in [5.41, 5.74) is 0. The van der Waals surface area contributed by atoms with E-state index in [1.54, 1.807) is 13.8 Å². The number of hydrogen-bond donors (Lipinski definition) is 0. The van der Waals surface area contributed by atoms with Crippen molar-refractivity contribution in [2.24, 2.45) is 0 Å². The first-order valence-electron chi connectivity index (χ1n) is 7.27. The minimum absolute atomic E-state index is 0.255. The van der Waals surface area contributed by atoms with Crippen LogP contribution < -0.4 is 0 Å². The molecule has 0 aromatic rings. The van der Waals surface area contributed by atoms with E-state index in [0.29, 0.717) is 12.8 Å². The third-order valence-corrected chi connectivity index (χ3v) is 2.94. The molecular formula is C15H26O4. The molecule has 0 atom stereocenters. The van der Waals surface area contributed by atoms with E-state index in [1.165, 1.54) is 0 Å². The van der Waals surface area contributed by atoms with E-state index in [1.807, 2.05) is 0 Å². The van der Waals surface area contributed by atoms with Crippen molar-refractivity contribution in [1.29, 1.82) is 0 Å². The third-order valence-electron chi connectivity index (χ3n) is 2.94. The summed E-state index contributed by atoms with van der Waals surface area (Å²) in [6, 6.07) is 0. The van der Waals surface area contributed by atoms with Gasteiger partial charge in [0, 0.05) is 12.8 Å². The number of carbonyl (C=O) groups excluding carboxylic acids is 3. The van der Waals surface area contributed by atoms with Crippen molar-refractivity contribution < 1.29 is 19.1 Å². The largest absolute Gasteiger partial charge is 0.460 e. The van der Waals surface area contributed by atoms with E-state index in [0.717, 1.165) is 44.9 Å². The zero-order valence-corrected chi connectivity index (χ0v) is 12.2. The molecule has 0 heterocycles. The van der Waals surface area contributed by atoms with Crippen LogP contribution in [0.5, 0.6) is 0 Å². The Kier molecular flexibility index (Phi) is 11.1. The summed E-state index contributed by atoms with van der Waals surface area (Å²) in [5.74, 6) is -0.854. The summed E-state index contributed by atoms with van der Waals surface area (Å²) in [7, 11) is 0. The molecule has 0 amide bonds. The molecule has 4 heteroatoms. The van der Waals surface area contributed by atoms with Crippen LogP contribution in [0.4, 0.5) is 0 Å². The highest BCUT2D eigenvalue weighted by molar-refractivity contribution is 6.33. The van der Waals surface area contributed by atoms with Gasteiger partial charge in [0.1, 0.15) is 5.78 Å². The van der Waals surface area contributed by atoms with Crippen molar-refractivity contribution in [3.8, 4) is 0 Å². The van der Waals surface area contributed by atoms with E-state index in [4.69, 9.17) is 0 Å². The number of ketones is 2. The maximum atomic E-state index is 11.3. The maximum Gasteiger partial charge on any atom is 0.374 e. The molecule has 0 bridgehead atoms. The fraction of sp³-hybridized carbons (Fsp3) is 0.800. The molecule has 0 aliphatic rings. The topological polar surface area (TPSA) is 60.4 Å². The molecular weight excluding hydrogens is 244 g/mol. The molecule has 0 aromatic carbocycles. The molecule has 4 nitrogen and oxygen atoms in total. The first kappa shape index (κ1) is 17.8. The fourth-order valence-electron chi connectivity index (χ4n) is 1.86. The molecule has 0 fully saturated rings. The Labute approximate surface area is 115 Å². The van der Waals surface area contributed by atoms with Gasteiger partial charge in [-0.3, -0.25) is 4.79 Å². The van der Waals surface area contributed by atoms with Crippen LogP contribution in [0.2, 0.25) is 0 Å². The van der Waals surface area contributed by atoms with Gasteiger partial charge in [-0.25, -0.2) is 4.79 Å². The highest BCUT2D eigenvalue weighted by Gasteiger charge is 2.13. The number of ether oxygens (including phenoxy) is 1. The average Bonchev–Trinajstić information content (AvgIpc) is 2.36. The number of carbonyl (C=O) groups is 3. The van der Waals surface area contributed by atoms with Gasteiger partial charge in [0.2, 0.25) is 5.78 Å². The van der Waals surface area contributed by atoms with Gasteiger partial charge < -0.3 is 9.53 Å². The summed E-state index contributed by atoms with van der Waals surface area (Å²) < 4.78 is 4.63. The molecule has 0 saturated carbocycles. The van der Waals surface area contributed by atoms with E-state index in [-0.39, 0.29) is 12.4 Å². The lowest BCUT2D eigenvalue weighted by atomic mass is 10.1. The quantitative estimate of drug-likeness (QED) is 0.310. The third kappa shape index (κ3) is 11.6.